The molecule has 0 aromatic heterocycles. The highest BCUT2D eigenvalue weighted by Crippen LogP contribution is 2.26. The van der Waals surface area contributed by atoms with Gasteiger partial charge in [0.2, 0.25) is 0 Å². The van der Waals surface area contributed by atoms with Crippen LogP contribution >= 0.6 is 11.6 Å². The lowest BCUT2D eigenvalue weighted by Crippen LogP contribution is -2.40. The molecule has 0 saturated heterocycles. The standard InChI is InChI=1S/C16H28ClN3/c1-6-20(13(3)11-19(4)5)15-8-7-14(9-12(2)18)16(17)10-15/h7-8,10,12-13H,6,9,11,18H2,1-5H3. The van der Waals surface area contributed by atoms with Gasteiger partial charge in [0.05, 0.1) is 0 Å². The van der Waals surface area contributed by atoms with Crippen molar-refractivity contribution in [1.82, 2.24) is 4.90 Å². The monoisotopic (exact) mass is 297 g/mol. The molecule has 1 rings (SSSR count). The molecule has 0 heterocycles. The lowest BCUT2D eigenvalue weighted by molar-refractivity contribution is 0.373. The molecule has 1 aromatic carbocycles. The molecular formula is C16H28ClN3. The molecular weight excluding hydrogens is 270 g/mol. The summed E-state index contributed by atoms with van der Waals surface area (Å²) in [6.07, 6.45) is 0.818. The predicted octanol–water partition coefficient (Wildman–Crippen LogP) is 3.01. The second-order valence-corrected chi connectivity index (χ2v) is 6.26. The maximum atomic E-state index is 6.39. The van der Waals surface area contributed by atoms with Crippen LogP contribution in [0.3, 0.4) is 0 Å². The SMILES string of the molecule is CCN(c1ccc(CC(C)N)c(Cl)c1)C(C)CN(C)C. The van der Waals surface area contributed by atoms with Gasteiger partial charge >= 0.3 is 0 Å². The summed E-state index contributed by atoms with van der Waals surface area (Å²) in [6.45, 7) is 8.41. The first-order chi connectivity index (χ1) is 9.35. The second kappa shape index (κ2) is 7.87. The van der Waals surface area contributed by atoms with Crippen LogP contribution in [0.15, 0.2) is 18.2 Å². The maximum absolute atomic E-state index is 6.39. The zero-order valence-corrected chi connectivity index (χ0v) is 14.1. The van der Waals surface area contributed by atoms with Gasteiger partial charge in [-0.1, -0.05) is 17.7 Å². The number of benzene rings is 1. The fourth-order valence-electron chi connectivity index (χ4n) is 2.60. The molecule has 0 saturated carbocycles. The van der Waals surface area contributed by atoms with Gasteiger partial charge in [-0.15, -0.1) is 0 Å². The topological polar surface area (TPSA) is 32.5 Å². The van der Waals surface area contributed by atoms with E-state index in [1.165, 1.54) is 5.69 Å². The Hall–Kier alpha value is -0.770. The van der Waals surface area contributed by atoms with Crippen molar-refractivity contribution in [3.8, 4) is 0 Å². The molecule has 0 bridgehead atoms. The van der Waals surface area contributed by atoms with Gasteiger partial charge < -0.3 is 15.5 Å². The van der Waals surface area contributed by atoms with Crippen LogP contribution in [0.1, 0.15) is 26.3 Å². The van der Waals surface area contributed by atoms with E-state index in [0.717, 1.165) is 30.1 Å². The fraction of sp³-hybridized carbons (Fsp3) is 0.625. The second-order valence-electron chi connectivity index (χ2n) is 5.85. The fourth-order valence-corrected chi connectivity index (χ4v) is 2.85. The molecule has 0 fully saturated rings. The minimum atomic E-state index is 0.133. The molecule has 2 unspecified atom stereocenters. The smallest absolute Gasteiger partial charge is 0.0459 e. The first-order valence-corrected chi connectivity index (χ1v) is 7.68. The van der Waals surface area contributed by atoms with Crippen LogP contribution < -0.4 is 10.6 Å². The zero-order chi connectivity index (χ0) is 15.3. The highest BCUT2D eigenvalue weighted by Gasteiger charge is 2.15. The van der Waals surface area contributed by atoms with Gasteiger partial charge in [-0.3, -0.25) is 0 Å². The minimum Gasteiger partial charge on any atom is -0.368 e. The van der Waals surface area contributed by atoms with E-state index in [2.05, 4.69) is 55.9 Å². The van der Waals surface area contributed by atoms with Crippen LogP contribution in [0.4, 0.5) is 5.69 Å². The van der Waals surface area contributed by atoms with E-state index in [-0.39, 0.29) is 6.04 Å². The number of likely N-dealkylation sites (N-methyl/N-ethyl adjacent to an activating group) is 2. The third kappa shape index (κ3) is 4.97. The highest BCUT2D eigenvalue weighted by molar-refractivity contribution is 6.31. The van der Waals surface area contributed by atoms with Gasteiger partial charge in [-0.05, 0) is 59.0 Å². The Morgan fingerprint density at radius 1 is 1.25 bits per heavy atom. The average Bonchev–Trinajstić information content (AvgIpc) is 2.32. The molecule has 1 aromatic rings. The van der Waals surface area contributed by atoms with Crippen LogP contribution in [0, 0.1) is 0 Å². The van der Waals surface area contributed by atoms with Crippen LogP contribution in [0.5, 0.6) is 0 Å². The Morgan fingerprint density at radius 2 is 1.90 bits per heavy atom. The molecule has 3 nitrogen and oxygen atoms in total. The molecule has 0 aliphatic rings. The first kappa shape index (κ1) is 17.3. The number of anilines is 1. The largest absolute Gasteiger partial charge is 0.368 e. The summed E-state index contributed by atoms with van der Waals surface area (Å²) < 4.78 is 0. The lowest BCUT2D eigenvalue weighted by Gasteiger charge is -2.32. The first-order valence-electron chi connectivity index (χ1n) is 7.30. The Morgan fingerprint density at radius 3 is 2.35 bits per heavy atom. The Labute approximate surface area is 128 Å². The number of halogens is 1. The third-order valence-electron chi connectivity index (χ3n) is 3.41. The van der Waals surface area contributed by atoms with Gasteiger partial charge in [0, 0.05) is 35.9 Å². The van der Waals surface area contributed by atoms with Crippen LogP contribution in [0.25, 0.3) is 0 Å². The minimum absolute atomic E-state index is 0.133. The molecule has 0 radical (unpaired) electrons. The summed E-state index contributed by atoms with van der Waals surface area (Å²) in [5, 5.41) is 0.815. The number of hydrogen-bond acceptors (Lipinski definition) is 3. The van der Waals surface area contributed by atoms with Crippen molar-refractivity contribution >= 4 is 17.3 Å². The molecule has 2 N–H and O–H groups in total. The van der Waals surface area contributed by atoms with Crippen molar-refractivity contribution in [3.63, 3.8) is 0 Å². The van der Waals surface area contributed by atoms with Crippen molar-refractivity contribution in [2.45, 2.75) is 39.3 Å². The molecule has 114 valence electrons. The van der Waals surface area contributed by atoms with Crippen LogP contribution in [0.2, 0.25) is 5.02 Å². The van der Waals surface area contributed by atoms with Gasteiger partial charge in [0.25, 0.3) is 0 Å². The molecule has 4 heteroatoms. The summed E-state index contributed by atoms with van der Waals surface area (Å²) in [6, 6.07) is 6.90. The van der Waals surface area contributed by atoms with Crippen molar-refractivity contribution in [1.29, 1.82) is 0 Å². The predicted molar refractivity (Wildman–Crippen MR) is 89.8 cm³/mol. The zero-order valence-electron chi connectivity index (χ0n) is 13.4. The summed E-state index contributed by atoms with van der Waals surface area (Å²) in [4.78, 5) is 4.58. The summed E-state index contributed by atoms with van der Waals surface area (Å²) in [5.74, 6) is 0. The summed E-state index contributed by atoms with van der Waals surface area (Å²) in [7, 11) is 4.20. The maximum Gasteiger partial charge on any atom is 0.0459 e. The Kier molecular flexibility index (Phi) is 6.80. The summed E-state index contributed by atoms with van der Waals surface area (Å²) >= 11 is 6.39. The number of hydrogen-bond donors (Lipinski definition) is 1. The molecule has 0 aliphatic heterocycles. The van der Waals surface area contributed by atoms with E-state index in [0.29, 0.717) is 6.04 Å². The molecule has 0 amide bonds. The van der Waals surface area contributed by atoms with Gasteiger partial charge in [0.1, 0.15) is 0 Å². The van der Waals surface area contributed by atoms with E-state index in [1.807, 2.05) is 6.92 Å². The lowest BCUT2D eigenvalue weighted by atomic mass is 10.1. The van der Waals surface area contributed by atoms with E-state index in [1.54, 1.807) is 0 Å². The van der Waals surface area contributed by atoms with E-state index < -0.39 is 0 Å². The normalized spacial score (nSPS) is 14.4. The molecule has 20 heavy (non-hydrogen) atoms. The average molecular weight is 298 g/mol. The molecule has 2 atom stereocenters. The highest BCUT2D eigenvalue weighted by atomic mass is 35.5. The van der Waals surface area contributed by atoms with Crippen molar-refractivity contribution in [2.75, 3.05) is 32.1 Å². The Balaban J connectivity index is 2.91. The molecule has 0 spiro atoms. The van der Waals surface area contributed by atoms with Crippen LogP contribution in [-0.2, 0) is 6.42 Å². The van der Waals surface area contributed by atoms with Gasteiger partial charge in [-0.25, -0.2) is 0 Å². The number of nitrogens with two attached hydrogens (primary N) is 1. The van der Waals surface area contributed by atoms with Crippen LogP contribution in [-0.4, -0.2) is 44.2 Å². The molecule has 0 aliphatic carbocycles. The van der Waals surface area contributed by atoms with E-state index in [4.69, 9.17) is 17.3 Å². The van der Waals surface area contributed by atoms with E-state index >= 15 is 0 Å². The Bertz CT molecular complexity index is 418. The summed E-state index contributed by atoms with van der Waals surface area (Å²) in [5.41, 5.74) is 8.15. The quantitative estimate of drug-likeness (QED) is 0.840. The third-order valence-corrected chi connectivity index (χ3v) is 3.76. The number of rotatable bonds is 7. The van der Waals surface area contributed by atoms with Crippen molar-refractivity contribution < 1.29 is 0 Å². The van der Waals surface area contributed by atoms with Crippen molar-refractivity contribution in [2.24, 2.45) is 5.73 Å². The van der Waals surface area contributed by atoms with Crippen molar-refractivity contribution in [3.05, 3.63) is 28.8 Å². The van der Waals surface area contributed by atoms with Gasteiger partial charge in [-0.2, -0.15) is 0 Å². The van der Waals surface area contributed by atoms with Gasteiger partial charge in [0.15, 0.2) is 0 Å². The number of nitrogens with zero attached hydrogens (tertiary/aromatic N) is 2. The van der Waals surface area contributed by atoms with E-state index in [9.17, 15) is 0 Å².